The van der Waals surface area contributed by atoms with E-state index in [1.165, 1.54) is 30.3 Å². The lowest BCUT2D eigenvalue weighted by Crippen LogP contribution is -2.60. The number of anilines is 1. The van der Waals surface area contributed by atoms with Crippen LogP contribution in [0, 0.1) is 23.6 Å². The first-order chi connectivity index (χ1) is 17.9. The number of benzene rings is 2. The van der Waals surface area contributed by atoms with Crippen LogP contribution < -0.4 is 4.90 Å². The van der Waals surface area contributed by atoms with Crippen molar-refractivity contribution >= 4 is 64.1 Å². The molecule has 2 heterocycles. The van der Waals surface area contributed by atoms with Crippen LogP contribution in [-0.4, -0.2) is 48.8 Å². The molecule has 0 bridgehead atoms. The summed E-state index contributed by atoms with van der Waals surface area (Å²) >= 11 is 20.5. The minimum Gasteiger partial charge on any atom is -0.508 e. The Balaban J connectivity index is 1.60. The van der Waals surface area contributed by atoms with Crippen LogP contribution in [0.15, 0.2) is 54.1 Å². The number of hydroxylamine groups is 2. The van der Waals surface area contributed by atoms with Crippen LogP contribution in [0.3, 0.4) is 0 Å². The van der Waals surface area contributed by atoms with Crippen LogP contribution in [0.25, 0.3) is 0 Å². The van der Waals surface area contributed by atoms with Gasteiger partial charge in [-0.3, -0.25) is 24.4 Å². The molecule has 0 aromatic heterocycles. The Morgan fingerprint density at radius 3 is 2.32 bits per heavy atom. The van der Waals surface area contributed by atoms with Gasteiger partial charge in [0.1, 0.15) is 11.6 Å². The van der Waals surface area contributed by atoms with Crippen molar-refractivity contribution in [3.05, 3.63) is 70.5 Å². The van der Waals surface area contributed by atoms with E-state index >= 15 is 0 Å². The number of alkyl halides is 2. The quantitative estimate of drug-likeness (QED) is 0.239. The summed E-state index contributed by atoms with van der Waals surface area (Å²) in [5.41, 5.74) is 0.564. The summed E-state index contributed by atoms with van der Waals surface area (Å²) in [4.78, 5) is 50.1. The van der Waals surface area contributed by atoms with Crippen molar-refractivity contribution in [2.45, 2.75) is 28.5 Å². The molecule has 2 aromatic rings. The van der Waals surface area contributed by atoms with Gasteiger partial charge in [0.2, 0.25) is 0 Å². The van der Waals surface area contributed by atoms with Crippen molar-refractivity contribution in [3.8, 4) is 5.75 Å². The maximum atomic E-state index is 14.1. The fourth-order valence-corrected chi connectivity index (χ4v) is 7.59. The van der Waals surface area contributed by atoms with E-state index in [-0.39, 0.29) is 39.9 Å². The fraction of sp³-hybridized carbons (Fsp3) is 0.308. The van der Waals surface area contributed by atoms with Gasteiger partial charge < -0.3 is 5.11 Å². The molecule has 4 amide bonds. The van der Waals surface area contributed by atoms with Gasteiger partial charge in [-0.15, -0.1) is 23.2 Å². The number of carbonyl (C=O) groups excluding carboxylic acids is 4. The second-order valence-corrected chi connectivity index (χ2v) is 11.6. The summed E-state index contributed by atoms with van der Waals surface area (Å²) in [5, 5.41) is 21.3. The molecular weight excluding hydrogens is 562 g/mol. The van der Waals surface area contributed by atoms with E-state index in [4.69, 9.17) is 34.8 Å². The van der Waals surface area contributed by atoms with Crippen LogP contribution in [0.5, 0.6) is 5.75 Å². The van der Waals surface area contributed by atoms with Gasteiger partial charge in [-0.25, -0.2) is 9.29 Å². The number of imide groups is 2. The van der Waals surface area contributed by atoms with Crippen molar-refractivity contribution in [2.75, 3.05) is 4.90 Å². The van der Waals surface area contributed by atoms with Gasteiger partial charge in [-0.2, -0.15) is 5.06 Å². The molecule has 12 heteroatoms. The van der Waals surface area contributed by atoms with Gasteiger partial charge in [-0.05, 0) is 61.2 Å². The first-order valence-corrected chi connectivity index (χ1v) is 12.8. The zero-order valence-electron chi connectivity index (χ0n) is 19.3. The predicted octanol–water partition coefficient (Wildman–Crippen LogP) is 4.14. The molecular formula is C26H18Cl3FN2O6. The molecule has 0 radical (unpaired) electrons. The number of halogens is 4. The van der Waals surface area contributed by atoms with Crippen LogP contribution in [0.4, 0.5) is 10.1 Å². The smallest absolute Gasteiger partial charge is 0.258 e. The number of fused-ring (bicyclic) bond motifs is 4. The van der Waals surface area contributed by atoms with E-state index in [1.54, 1.807) is 6.08 Å². The summed E-state index contributed by atoms with van der Waals surface area (Å²) in [5.74, 6) is -8.34. The van der Waals surface area contributed by atoms with Gasteiger partial charge in [0.25, 0.3) is 23.6 Å². The number of nitrogens with zero attached hydrogens (tertiary/aromatic N) is 2. The average molecular weight is 580 g/mol. The molecule has 2 aliphatic heterocycles. The van der Waals surface area contributed by atoms with E-state index in [1.807, 2.05) is 0 Å². The van der Waals surface area contributed by atoms with Gasteiger partial charge >= 0.3 is 0 Å². The molecule has 2 aromatic carbocycles. The summed E-state index contributed by atoms with van der Waals surface area (Å²) in [7, 11) is 0. The second-order valence-electron chi connectivity index (χ2n) is 9.94. The number of hydrogen-bond acceptors (Lipinski definition) is 6. The van der Waals surface area contributed by atoms with Gasteiger partial charge in [0.05, 0.1) is 17.5 Å². The number of rotatable bonds is 2. The third-order valence-electron chi connectivity index (χ3n) is 8.17. The van der Waals surface area contributed by atoms with Crippen LogP contribution in [0.2, 0.25) is 5.02 Å². The predicted molar refractivity (Wildman–Crippen MR) is 133 cm³/mol. The topological polar surface area (TPSA) is 115 Å². The molecule has 2 N–H and O–H groups in total. The fourth-order valence-electron chi connectivity index (χ4n) is 6.48. The molecule has 6 rings (SSSR count). The molecule has 1 saturated carbocycles. The van der Waals surface area contributed by atoms with E-state index in [2.05, 4.69) is 0 Å². The Labute approximate surface area is 230 Å². The Bertz CT molecular complexity index is 1480. The van der Waals surface area contributed by atoms with Crippen molar-refractivity contribution in [2.24, 2.45) is 17.8 Å². The third kappa shape index (κ3) is 3.07. The molecule has 6 atom stereocenters. The molecule has 4 aliphatic rings. The molecule has 196 valence electrons. The highest BCUT2D eigenvalue weighted by Gasteiger charge is 2.76. The van der Waals surface area contributed by atoms with Gasteiger partial charge in [0.15, 0.2) is 9.75 Å². The van der Waals surface area contributed by atoms with E-state index < -0.39 is 62.9 Å². The summed E-state index contributed by atoms with van der Waals surface area (Å²) in [6, 6.07) is 8.76. The number of phenols is 1. The van der Waals surface area contributed by atoms with Crippen LogP contribution in [0.1, 0.15) is 24.3 Å². The normalized spacial score (nSPS) is 34.3. The highest BCUT2D eigenvalue weighted by Crippen LogP contribution is 2.66. The maximum Gasteiger partial charge on any atom is 0.258 e. The largest absolute Gasteiger partial charge is 0.508 e. The molecule has 6 unspecified atom stereocenters. The zero-order valence-corrected chi connectivity index (χ0v) is 21.5. The van der Waals surface area contributed by atoms with Gasteiger partial charge in [-0.1, -0.05) is 23.3 Å². The van der Waals surface area contributed by atoms with E-state index in [0.717, 1.165) is 17.0 Å². The minimum atomic E-state index is -2.19. The molecule has 2 saturated heterocycles. The number of allylic oxidation sites excluding steroid dienone is 2. The standard InChI is InChI=1S/C26H18Cl3FN2O6/c27-11-1-8-18(33)16(9-11)20-14-6-7-15-19(22(35)32(38)21(15)34)17(14)10-25(28)23(36)31(24(37)26(20,25)29)13-4-2-12(30)3-5-13/h1-6,8-9,15,17,19-20,33,38H,7,10H2. The number of aromatic hydroxyl groups is 1. The molecule has 3 fully saturated rings. The van der Waals surface area contributed by atoms with Crippen molar-refractivity contribution in [3.63, 3.8) is 0 Å². The lowest BCUT2D eigenvalue weighted by Gasteiger charge is -2.50. The Morgan fingerprint density at radius 1 is 0.947 bits per heavy atom. The average Bonchev–Trinajstić information content (AvgIpc) is 3.19. The number of amides is 4. The zero-order chi connectivity index (χ0) is 27.3. The Hall–Kier alpha value is -2.98. The monoisotopic (exact) mass is 578 g/mol. The first kappa shape index (κ1) is 25.3. The van der Waals surface area contributed by atoms with E-state index in [0.29, 0.717) is 5.57 Å². The Kier molecular flexibility index (Phi) is 5.50. The lowest BCUT2D eigenvalue weighted by molar-refractivity contribution is -0.173. The number of hydrogen-bond donors (Lipinski definition) is 2. The number of phenolic OH excluding ortho intramolecular Hbond substituents is 1. The third-order valence-corrected chi connectivity index (χ3v) is 9.82. The van der Waals surface area contributed by atoms with Gasteiger partial charge in [0, 0.05) is 16.5 Å². The summed E-state index contributed by atoms with van der Waals surface area (Å²) in [6.07, 6.45) is 1.40. The minimum absolute atomic E-state index is 0.0356. The van der Waals surface area contributed by atoms with Crippen molar-refractivity contribution in [1.29, 1.82) is 0 Å². The van der Waals surface area contributed by atoms with E-state index in [9.17, 15) is 33.9 Å². The summed E-state index contributed by atoms with van der Waals surface area (Å²) in [6.45, 7) is 0. The first-order valence-electron chi connectivity index (χ1n) is 11.7. The van der Waals surface area contributed by atoms with Crippen molar-refractivity contribution < 1.29 is 33.9 Å². The maximum absolute atomic E-state index is 14.1. The van der Waals surface area contributed by atoms with Crippen molar-refractivity contribution in [1.82, 2.24) is 5.06 Å². The van der Waals surface area contributed by atoms with Crippen LogP contribution >= 0.6 is 34.8 Å². The van der Waals surface area contributed by atoms with Crippen LogP contribution in [-0.2, 0) is 19.2 Å². The Morgan fingerprint density at radius 2 is 1.63 bits per heavy atom. The highest BCUT2D eigenvalue weighted by atomic mass is 35.5. The molecule has 0 spiro atoms. The molecule has 38 heavy (non-hydrogen) atoms. The SMILES string of the molecule is O=C1C2CC=C3C(CC4(Cl)C(=O)N(c5ccc(F)cc5)C(=O)C4(Cl)C3c3cc(Cl)ccc3O)C2C(=O)N1O. The number of carbonyl (C=O) groups is 4. The summed E-state index contributed by atoms with van der Waals surface area (Å²) < 4.78 is 13.6. The molecule has 8 nitrogen and oxygen atoms in total. The highest BCUT2D eigenvalue weighted by molar-refractivity contribution is 6.58. The molecule has 2 aliphatic carbocycles. The second kappa shape index (κ2) is 8.26. The lowest BCUT2D eigenvalue weighted by atomic mass is 9.56.